The predicted molar refractivity (Wildman–Crippen MR) is 177 cm³/mol. The van der Waals surface area contributed by atoms with Crippen molar-refractivity contribution in [3.05, 3.63) is 141 Å². The van der Waals surface area contributed by atoms with Crippen LogP contribution in [-0.4, -0.2) is 21.3 Å². The van der Waals surface area contributed by atoms with Gasteiger partial charge >= 0.3 is 0 Å². The molecule has 9 nitrogen and oxygen atoms in total. The lowest BCUT2D eigenvalue weighted by Crippen LogP contribution is -2.01. The second-order valence-electron chi connectivity index (χ2n) is 9.91. The summed E-state index contributed by atoms with van der Waals surface area (Å²) in [5.74, 6) is 1.66. The zero-order valence-corrected chi connectivity index (χ0v) is 26.1. The standard InChI is InChI=1S/C39H24N6O3/c1-46-34-10-4-25(5-11-34)37(31(19-40)20-41)28-16-29(38(32(21-42)22-43)26-6-12-35(47-2)13-7-26)18-30(17-28)39(33(23-44)24-45)27-8-14-36(48-3)15-9-27/h4-18H,1-3H3. The topological polar surface area (TPSA) is 170 Å². The smallest absolute Gasteiger partial charge is 0.138 e. The fourth-order valence-corrected chi connectivity index (χ4v) is 5.11. The molecule has 0 atom stereocenters. The van der Waals surface area contributed by atoms with Gasteiger partial charge in [-0.15, -0.1) is 0 Å². The first-order valence-corrected chi connectivity index (χ1v) is 14.1. The minimum absolute atomic E-state index is 0.213. The Labute approximate surface area is 278 Å². The number of nitriles is 6. The van der Waals surface area contributed by atoms with E-state index in [1.807, 2.05) is 36.4 Å². The lowest BCUT2D eigenvalue weighted by Gasteiger charge is -2.18. The molecule has 48 heavy (non-hydrogen) atoms. The number of benzene rings is 4. The lowest BCUT2D eigenvalue weighted by atomic mass is 9.84. The van der Waals surface area contributed by atoms with Gasteiger partial charge in [0.05, 0.1) is 21.3 Å². The van der Waals surface area contributed by atoms with Crippen LogP contribution < -0.4 is 14.2 Å². The van der Waals surface area contributed by atoms with Gasteiger partial charge in [-0.25, -0.2) is 0 Å². The minimum Gasteiger partial charge on any atom is -0.497 e. The van der Waals surface area contributed by atoms with E-state index in [0.717, 1.165) is 0 Å². The Morgan fingerprint density at radius 2 is 0.562 bits per heavy atom. The first-order chi connectivity index (χ1) is 23.4. The summed E-state index contributed by atoms with van der Waals surface area (Å²) in [7, 11) is 4.55. The van der Waals surface area contributed by atoms with Crippen molar-refractivity contribution in [2.24, 2.45) is 0 Å². The fraction of sp³-hybridized carbons (Fsp3) is 0.0769. The molecule has 0 saturated carbocycles. The van der Waals surface area contributed by atoms with Crippen molar-refractivity contribution in [3.63, 3.8) is 0 Å². The second kappa shape index (κ2) is 15.4. The maximum Gasteiger partial charge on any atom is 0.138 e. The Hall–Kier alpha value is -7.56. The highest BCUT2D eigenvalue weighted by atomic mass is 16.5. The van der Waals surface area contributed by atoms with E-state index >= 15 is 0 Å². The van der Waals surface area contributed by atoms with Crippen LogP contribution >= 0.6 is 0 Å². The minimum atomic E-state index is -0.213. The van der Waals surface area contributed by atoms with Gasteiger partial charge in [-0.2, -0.15) is 31.6 Å². The van der Waals surface area contributed by atoms with Gasteiger partial charge in [0.2, 0.25) is 0 Å². The highest BCUT2D eigenvalue weighted by molar-refractivity contribution is 5.95. The Balaban J connectivity index is 2.22. The molecular formula is C39H24N6O3. The number of hydrogen-bond acceptors (Lipinski definition) is 9. The molecule has 0 aliphatic rings. The molecule has 4 aromatic rings. The van der Waals surface area contributed by atoms with Gasteiger partial charge in [-0.05, 0) is 88.0 Å². The molecule has 0 radical (unpaired) electrons. The average molecular weight is 625 g/mol. The first-order valence-electron chi connectivity index (χ1n) is 14.1. The van der Waals surface area contributed by atoms with Gasteiger partial charge in [0.25, 0.3) is 0 Å². The normalized spacial score (nSPS) is 9.44. The van der Waals surface area contributed by atoms with Gasteiger partial charge < -0.3 is 14.2 Å². The number of rotatable bonds is 9. The maximum atomic E-state index is 10.1. The van der Waals surface area contributed by atoms with Gasteiger partial charge in [0.1, 0.15) is 70.4 Å². The first kappa shape index (κ1) is 33.3. The molecule has 0 aliphatic heterocycles. The van der Waals surface area contributed by atoms with E-state index in [2.05, 4.69) is 0 Å². The Bertz CT molecular complexity index is 1900. The third kappa shape index (κ3) is 6.89. The molecule has 228 valence electrons. The van der Waals surface area contributed by atoms with Gasteiger partial charge in [-0.3, -0.25) is 0 Å². The number of nitrogens with zero attached hydrogens (tertiary/aromatic N) is 6. The Morgan fingerprint density at radius 3 is 0.729 bits per heavy atom. The molecule has 0 amide bonds. The fourth-order valence-electron chi connectivity index (χ4n) is 5.11. The van der Waals surface area contributed by atoms with Crippen molar-refractivity contribution in [1.82, 2.24) is 0 Å². The maximum absolute atomic E-state index is 10.1. The van der Waals surface area contributed by atoms with Gasteiger partial charge in [0.15, 0.2) is 0 Å². The van der Waals surface area contributed by atoms with Crippen LogP contribution in [0.3, 0.4) is 0 Å². The molecule has 0 N–H and O–H groups in total. The molecule has 0 bridgehead atoms. The summed E-state index contributed by atoms with van der Waals surface area (Å²) in [5.41, 5.74) is 2.68. The van der Waals surface area contributed by atoms with Crippen LogP contribution in [0.5, 0.6) is 17.2 Å². The summed E-state index contributed by atoms with van der Waals surface area (Å²) >= 11 is 0. The molecule has 0 aromatic heterocycles. The monoisotopic (exact) mass is 624 g/mol. The highest BCUT2D eigenvalue weighted by Gasteiger charge is 2.22. The van der Waals surface area contributed by atoms with Crippen LogP contribution in [0.15, 0.2) is 108 Å². The zero-order valence-electron chi connectivity index (χ0n) is 26.1. The largest absolute Gasteiger partial charge is 0.497 e. The highest BCUT2D eigenvalue weighted by Crippen LogP contribution is 2.38. The Morgan fingerprint density at radius 1 is 0.354 bits per heavy atom. The van der Waals surface area contributed by atoms with Crippen molar-refractivity contribution in [2.75, 3.05) is 21.3 Å². The van der Waals surface area contributed by atoms with Crippen LogP contribution in [0.4, 0.5) is 0 Å². The van der Waals surface area contributed by atoms with Crippen LogP contribution in [0.2, 0.25) is 0 Å². The molecular weight excluding hydrogens is 600 g/mol. The molecule has 0 spiro atoms. The third-order valence-electron chi connectivity index (χ3n) is 7.36. The summed E-state index contributed by atoms with van der Waals surface area (Å²) in [6.07, 6.45) is 0. The Kier molecular flexibility index (Phi) is 10.7. The van der Waals surface area contributed by atoms with Crippen molar-refractivity contribution in [3.8, 4) is 53.7 Å². The van der Waals surface area contributed by atoms with Crippen molar-refractivity contribution in [2.45, 2.75) is 0 Å². The predicted octanol–water partition coefficient (Wildman–Crippen LogP) is 7.26. The summed E-state index contributed by atoms with van der Waals surface area (Å²) in [6.45, 7) is 0. The van der Waals surface area contributed by atoms with Gasteiger partial charge in [-0.1, -0.05) is 36.4 Å². The average Bonchev–Trinajstić information content (AvgIpc) is 3.14. The molecule has 4 rings (SSSR count). The quantitative estimate of drug-likeness (QED) is 0.174. The van der Waals surface area contributed by atoms with Crippen LogP contribution in [0.25, 0.3) is 16.7 Å². The number of allylic oxidation sites excluding steroid dienone is 3. The molecule has 0 heterocycles. The summed E-state index contributed by atoms with van der Waals surface area (Å²) in [5, 5.41) is 60.5. The number of ether oxygens (including phenoxy) is 3. The van der Waals surface area contributed by atoms with E-state index in [1.54, 1.807) is 91.0 Å². The zero-order chi connectivity index (χ0) is 34.6. The third-order valence-corrected chi connectivity index (χ3v) is 7.36. The molecule has 4 aromatic carbocycles. The molecule has 0 aliphatic carbocycles. The van der Waals surface area contributed by atoms with Crippen molar-refractivity contribution >= 4 is 16.7 Å². The van der Waals surface area contributed by atoms with Crippen molar-refractivity contribution in [1.29, 1.82) is 31.6 Å². The van der Waals surface area contributed by atoms with Gasteiger partial charge in [0, 0.05) is 16.7 Å². The summed E-state index contributed by atoms with van der Waals surface area (Å²) in [6, 6.07) is 37.2. The molecule has 9 heteroatoms. The van der Waals surface area contributed by atoms with E-state index in [0.29, 0.717) is 50.6 Å². The lowest BCUT2D eigenvalue weighted by molar-refractivity contribution is 0.414. The molecule has 0 saturated heterocycles. The van der Waals surface area contributed by atoms with Crippen LogP contribution in [-0.2, 0) is 0 Å². The second-order valence-corrected chi connectivity index (χ2v) is 9.91. The number of hydrogen-bond donors (Lipinski definition) is 0. The van der Waals surface area contributed by atoms with Crippen molar-refractivity contribution < 1.29 is 14.2 Å². The van der Waals surface area contributed by atoms with E-state index < -0.39 is 0 Å². The summed E-state index contributed by atoms with van der Waals surface area (Å²) < 4.78 is 15.9. The van der Waals surface area contributed by atoms with E-state index in [-0.39, 0.29) is 33.4 Å². The van der Waals surface area contributed by atoms with Crippen LogP contribution in [0, 0.1) is 68.0 Å². The van der Waals surface area contributed by atoms with E-state index in [4.69, 9.17) is 14.2 Å². The molecule has 0 unspecified atom stereocenters. The summed E-state index contributed by atoms with van der Waals surface area (Å²) in [4.78, 5) is 0. The SMILES string of the molecule is COc1ccc(C(=C(C#N)C#N)c2cc(C(=C(C#N)C#N)c3ccc(OC)cc3)cc(C(=C(C#N)C#N)c3ccc(OC)cc3)c2)cc1. The van der Waals surface area contributed by atoms with E-state index in [9.17, 15) is 31.6 Å². The van der Waals surface area contributed by atoms with E-state index in [1.165, 1.54) is 21.3 Å². The number of methoxy groups -OCH3 is 3. The molecule has 0 fully saturated rings. The van der Waals surface area contributed by atoms with Crippen LogP contribution in [0.1, 0.15) is 33.4 Å².